The molecule has 2 aromatic heterocycles. The van der Waals surface area contributed by atoms with Gasteiger partial charge in [-0.3, -0.25) is 0 Å². The Morgan fingerprint density at radius 2 is 2.00 bits per heavy atom. The maximum Gasteiger partial charge on any atom is 0.339 e. The van der Waals surface area contributed by atoms with Crippen molar-refractivity contribution >= 4 is 22.7 Å². The summed E-state index contributed by atoms with van der Waals surface area (Å²) in [7, 11) is 3.74. The van der Waals surface area contributed by atoms with Crippen LogP contribution in [0.15, 0.2) is 34.7 Å². The molecular weight excluding hydrogens is 308 g/mol. The Morgan fingerprint density at radius 1 is 1.25 bits per heavy atom. The van der Waals surface area contributed by atoms with Crippen LogP contribution in [0.25, 0.3) is 10.9 Å². The van der Waals surface area contributed by atoms with Crippen LogP contribution < -0.4 is 4.90 Å². The standard InChI is InChI=1S/C17H18N4O3/c1-10(16-20-19-11(2)24-16)23-17(22)13-9-15(21(3)4)18-14-8-6-5-7-12(13)14/h5-10H,1-4H3/t10-/m1/s1. The number of benzene rings is 1. The van der Waals surface area contributed by atoms with Gasteiger partial charge in [0.1, 0.15) is 5.82 Å². The minimum atomic E-state index is -0.631. The van der Waals surface area contributed by atoms with Crippen LogP contribution in [0.1, 0.15) is 35.2 Å². The monoisotopic (exact) mass is 326 g/mol. The number of para-hydroxylation sites is 1. The first kappa shape index (κ1) is 15.9. The molecule has 0 amide bonds. The summed E-state index contributed by atoms with van der Waals surface area (Å²) in [5.74, 6) is 0.922. The maximum absolute atomic E-state index is 12.7. The number of hydrogen-bond acceptors (Lipinski definition) is 7. The van der Waals surface area contributed by atoms with Crippen molar-refractivity contribution in [3.05, 3.63) is 47.7 Å². The van der Waals surface area contributed by atoms with Gasteiger partial charge in [0, 0.05) is 26.4 Å². The molecule has 124 valence electrons. The average molecular weight is 326 g/mol. The minimum Gasteiger partial charge on any atom is -0.449 e. The molecule has 0 unspecified atom stereocenters. The Hall–Kier alpha value is -2.96. The minimum absolute atomic E-state index is 0.270. The molecule has 1 aromatic carbocycles. The number of rotatable bonds is 4. The fourth-order valence-electron chi connectivity index (χ4n) is 2.31. The third kappa shape index (κ3) is 3.05. The van der Waals surface area contributed by atoms with Crippen molar-refractivity contribution in [2.75, 3.05) is 19.0 Å². The predicted octanol–water partition coefficient (Wildman–Crippen LogP) is 2.91. The van der Waals surface area contributed by atoms with E-state index in [1.54, 1.807) is 19.9 Å². The molecule has 7 nitrogen and oxygen atoms in total. The molecule has 0 radical (unpaired) electrons. The Morgan fingerprint density at radius 3 is 2.67 bits per heavy atom. The van der Waals surface area contributed by atoms with Crippen LogP contribution >= 0.6 is 0 Å². The number of esters is 1. The molecule has 2 heterocycles. The first-order valence-electron chi connectivity index (χ1n) is 7.54. The third-order valence-electron chi connectivity index (χ3n) is 3.55. The molecule has 0 saturated heterocycles. The van der Waals surface area contributed by atoms with E-state index in [0.29, 0.717) is 17.3 Å². The van der Waals surface area contributed by atoms with Gasteiger partial charge in [0.05, 0.1) is 11.1 Å². The van der Waals surface area contributed by atoms with Gasteiger partial charge < -0.3 is 14.1 Å². The number of hydrogen-bond donors (Lipinski definition) is 0. The van der Waals surface area contributed by atoms with Gasteiger partial charge in [-0.15, -0.1) is 10.2 Å². The molecule has 0 aliphatic rings. The number of nitrogens with zero attached hydrogens (tertiary/aromatic N) is 4. The van der Waals surface area contributed by atoms with Crippen molar-refractivity contribution in [1.29, 1.82) is 0 Å². The van der Waals surface area contributed by atoms with Crippen molar-refractivity contribution in [2.45, 2.75) is 20.0 Å². The second kappa shape index (κ2) is 6.27. The second-order valence-corrected chi connectivity index (χ2v) is 5.65. The van der Waals surface area contributed by atoms with Gasteiger partial charge in [-0.25, -0.2) is 9.78 Å². The lowest BCUT2D eigenvalue weighted by atomic mass is 10.1. The van der Waals surface area contributed by atoms with E-state index in [1.807, 2.05) is 43.3 Å². The molecular formula is C17H18N4O3. The number of carbonyl (C=O) groups excluding carboxylic acids is 1. The molecule has 7 heteroatoms. The Labute approximate surface area is 139 Å². The van der Waals surface area contributed by atoms with Crippen LogP contribution in [-0.2, 0) is 4.74 Å². The van der Waals surface area contributed by atoms with E-state index >= 15 is 0 Å². The van der Waals surface area contributed by atoms with Gasteiger partial charge in [-0.05, 0) is 19.1 Å². The first-order valence-corrected chi connectivity index (χ1v) is 7.54. The molecule has 0 N–H and O–H groups in total. The van der Waals surface area contributed by atoms with E-state index in [2.05, 4.69) is 15.2 Å². The van der Waals surface area contributed by atoms with Crippen molar-refractivity contribution < 1.29 is 13.9 Å². The zero-order chi connectivity index (χ0) is 17.3. The topological polar surface area (TPSA) is 81.4 Å². The number of pyridine rings is 1. The Kier molecular flexibility index (Phi) is 4.16. The zero-order valence-corrected chi connectivity index (χ0v) is 14.0. The van der Waals surface area contributed by atoms with E-state index in [-0.39, 0.29) is 5.89 Å². The van der Waals surface area contributed by atoms with Crippen LogP contribution in [0.3, 0.4) is 0 Å². The first-order chi connectivity index (χ1) is 11.5. The molecule has 24 heavy (non-hydrogen) atoms. The molecule has 0 aliphatic heterocycles. The summed E-state index contributed by atoms with van der Waals surface area (Å²) in [6.07, 6.45) is -0.631. The van der Waals surface area contributed by atoms with E-state index in [4.69, 9.17) is 9.15 Å². The SMILES string of the molecule is Cc1nnc([C@@H](C)OC(=O)c2cc(N(C)C)nc3ccccc23)o1. The number of ether oxygens (including phenoxy) is 1. The molecule has 0 spiro atoms. The number of aromatic nitrogens is 3. The van der Waals surface area contributed by atoms with Crippen molar-refractivity contribution in [3.8, 4) is 0 Å². The Bertz CT molecular complexity index is 888. The smallest absolute Gasteiger partial charge is 0.339 e. The van der Waals surface area contributed by atoms with Crippen LogP contribution in [0.2, 0.25) is 0 Å². The lowest BCUT2D eigenvalue weighted by Gasteiger charge is -2.15. The molecule has 3 aromatic rings. The Balaban J connectivity index is 1.96. The molecule has 0 saturated carbocycles. The highest BCUT2D eigenvalue weighted by Crippen LogP contribution is 2.25. The number of anilines is 1. The fraction of sp³-hybridized carbons (Fsp3) is 0.294. The predicted molar refractivity (Wildman–Crippen MR) is 88.9 cm³/mol. The largest absolute Gasteiger partial charge is 0.449 e. The third-order valence-corrected chi connectivity index (χ3v) is 3.55. The van der Waals surface area contributed by atoms with Crippen LogP contribution in [0.5, 0.6) is 0 Å². The maximum atomic E-state index is 12.7. The van der Waals surface area contributed by atoms with Crippen LogP contribution in [0, 0.1) is 6.92 Å². The normalized spacial score (nSPS) is 12.2. The lowest BCUT2D eigenvalue weighted by molar-refractivity contribution is 0.0279. The average Bonchev–Trinajstić information content (AvgIpc) is 3.00. The van der Waals surface area contributed by atoms with Crippen LogP contribution in [-0.4, -0.2) is 35.2 Å². The highest BCUT2D eigenvalue weighted by atomic mass is 16.6. The summed E-state index contributed by atoms with van der Waals surface area (Å²) < 4.78 is 10.8. The molecule has 1 atom stereocenters. The summed E-state index contributed by atoms with van der Waals surface area (Å²) in [4.78, 5) is 19.0. The lowest BCUT2D eigenvalue weighted by Crippen LogP contribution is -2.14. The van der Waals surface area contributed by atoms with Gasteiger partial charge >= 0.3 is 5.97 Å². The number of fused-ring (bicyclic) bond motifs is 1. The quantitative estimate of drug-likeness (QED) is 0.682. The molecule has 0 aliphatic carbocycles. The van der Waals surface area contributed by atoms with Gasteiger partial charge in [-0.1, -0.05) is 18.2 Å². The summed E-state index contributed by atoms with van der Waals surface area (Å²) in [6.45, 7) is 3.38. The van der Waals surface area contributed by atoms with Crippen LogP contribution in [0.4, 0.5) is 5.82 Å². The van der Waals surface area contributed by atoms with E-state index in [0.717, 1.165) is 10.9 Å². The van der Waals surface area contributed by atoms with E-state index in [9.17, 15) is 4.79 Å². The van der Waals surface area contributed by atoms with Gasteiger partial charge in [0.15, 0.2) is 6.10 Å². The van der Waals surface area contributed by atoms with Crippen molar-refractivity contribution in [2.24, 2.45) is 0 Å². The highest BCUT2D eigenvalue weighted by Gasteiger charge is 2.21. The van der Waals surface area contributed by atoms with Crippen molar-refractivity contribution in [3.63, 3.8) is 0 Å². The second-order valence-electron chi connectivity index (χ2n) is 5.65. The van der Waals surface area contributed by atoms with Gasteiger partial charge in [-0.2, -0.15) is 0 Å². The molecule has 0 fully saturated rings. The summed E-state index contributed by atoms with van der Waals surface area (Å²) >= 11 is 0. The summed E-state index contributed by atoms with van der Waals surface area (Å²) in [6, 6.07) is 9.18. The number of aryl methyl sites for hydroxylation is 1. The summed E-state index contributed by atoms with van der Waals surface area (Å²) in [5, 5.41) is 8.37. The fourth-order valence-corrected chi connectivity index (χ4v) is 2.31. The van der Waals surface area contributed by atoms with Gasteiger partial charge in [0.25, 0.3) is 5.89 Å². The highest BCUT2D eigenvalue weighted by molar-refractivity contribution is 6.04. The van der Waals surface area contributed by atoms with E-state index < -0.39 is 12.1 Å². The molecule has 3 rings (SSSR count). The van der Waals surface area contributed by atoms with Crippen molar-refractivity contribution in [1.82, 2.24) is 15.2 Å². The summed E-state index contributed by atoms with van der Waals surface area (Å²) in [5.41, 5.74) is 1.18. The number of carbonyl (C=O) groups is 1. The zero-order valence-electron chi connectivity index (χ0n) is 14.0. The van der Waals surface area contributed by atoms with E-state index in [1.165, 1.54) is 0 Å². The molecule has 0 bridgehead atoms. The van der Waals surface area contributed by atoms with Gasteiger partial charge in [0.2, 0.25) is 5.89 Å².